The number of fused-ring (bicyclic) bond motifs is 1. The molecule has 15 nitrogen and oxygen atoms in total. The Morgan fingerprint density at radius 2 is 1.67 bits per heavy atom. The highest BCUT2D eigenvalue weighted by molar-refractivity contribution is 5.89. The van der Waals surface area contributed by atoms with E-state index in [-0.39, 0.29) is 16.7 Å². The number of hydrogen-bond donors (Lipinski definition) is 7. The van der Waals surface area contributed by atoms with Gasteiger partial charge in [-0.2, -0.15) is 0 Å². The van der Waals surface area contributed by atoms with Gasteiger partial charge in [0.1, 0.15) is 30.0 Å². The lowest BCUT2D eigenvalue weighted by Gasteiger charge is -2.39. The Bertz CT molecular complexity index is 1200. The first-order chi connectivity index (χ1) is 16.8. The summed E-state index contributed by atoms with van der Waals surface area (Å²) in [5, 5.41) is 67.8. The van der Waals surface area contributed by atoms with Crippen LogP contribution < -0.4 is 15.1 Å². The number of aliphatic hydroxyl groups excluding tert-OH is 4. The Balaban J connectivity index is 1.95. The van der Waals surface area contributed by atoms with E-state index in [2.05, 4.69) is 0 Å². The summed E-state index contributed by atoms with van der Waals surface area (Å²) in [6.45, 7) is -0.757. The molecule has 7 N–H and O–H groups in total. The van der Waals surface area contributed by atoms with Gasteiger partial charge in [0, 0.05) is 17.5 Å². The monoisotopic (exact) mass is 514 g/mol. The second kappa shape index (κ2) is 10.6. The van der Waals surface area contributed by atoms with E-state index in [0.29, 0.717) is 0 Å². The van der Waals surface area contributed by atoms with Crippen molar-refractivity contribution >= 4 is 28.9 Å². The summed E-state index contributed by atoms with van der Waals surface area (Å²) >= 11 is 0. The summed E-state index contributed by atoms with van der Waals surface area (Å²) in [6, 6.07) is 4.53. The van der Waals surface area contributed by atoms with Crippen LogP contribution >= 0.6 is 0 Å². The highest BCUT2D eigenvalue weighted by atomic mass is 16.7. The van der Waals surface area contributed by atoms with E-state index in [1.807, 2.05) is 0 Å². The number of esters is 1. The van der Waals surface area contributed by atoms with E-state index in [1.54, 1.807) is 0 Å². The van der Waals surface area contributed by atoms with Crippen LogP contribution in [0.3, 0.4) is 0 Å². The second-order valence-electron chi connectivity index (χ2n) is 7.96. The van der Waals surface area contributed by atoms with Crippen molar-refractivity contribution in [2.24, 2.45) is 0 Å². The summed E-state index contributed by atoms with van der Waals surface area (Å²) in [5.41, 5.74) is -3.90. The molecule has 6 atom stereocenters. The molecule has 0 spiro atoms. The lowest BCUT2D eigenvalue weighted by atomic mass is 9.96. The molecule has 1 aromatic heterocycles. The number of ether oxygens (including phenoxy) is 3. The third-order valence-electron chi connectivity index (χ3n) is 5.28. The molecule has 196 valence electrons. The number of hydrogen-bond acceptors (Lipinski definition) is 13. The molecule has 1 aliphatic heterocycles. The fourth-order valence-electron chi connectivity index (χ4n) is 3.40. The zero-order valence-corrected chi connectivity index (χ0v) is 18.2. The van der Waals surface area contributed by atoms with Crippen molar-refractivity contribution in [3.63, 3.8) is 0 Å². The number of aliphatic carboxylic acids is 2. The van der Waals surface area contributed by atoms with Crippen LogP contribution in [0.5, 0.6) is 11.5 Å². The van der Waals surface area contributed by atoms with Crippen molar-refractivity contribution in [3.05, 3.63) is 34.7 Å². The molecule has 1 unspecified atom stereocenters. The minimum atomic E-state index is -3.01. The van der Waals surface area contributed by atoms with Gasteiger partial charge in [-0.15, -0.1) is 0 Å². The first kappa shape index (κ1) is 27.0. The summed E-state index contributed by atoms with van der Waals surface area (Å²) in [7, 11) is 0. The number of aliphatic hydroxyl groups is 5. The van der Waals surface area contributed by atoms with Crippen molar-refractivity contribution in [1.82, 2.24) is 0 Å². The smallest absolute Gasteiger partial charge is 0.336 e. The predicted molar refractivity (Wildman–Crippen MR) is 112 cm³/mol. The topological polar surface area (TPSA) is 251 Å². The van der Waals surface area contributed by atoms with Crippen molar-refractivity contribution in [2.45, 2.75) is 49.1 Å². The Kier molecular flexibility index (Phi) is 7.92. The quantitative estimate of drug-likeness (QED) is 0.104. The van der Waals surface area contributed by atoms with E-state index in [1.165, 1.54) is 12.1 Å². The fraction of sp³-hybridized carbons (Fsp3) is 0.429. The number of carbonyl (C=O) groups excluding carboxylic acids is 1. The summed E-state index contributed by atoms with van der Waals surface area (Å²) < 4.78 is 20.8. The van der Waals surface area contributed by atoms with E-state index in [4.69, 9.17) is 28.8 Å². The SMILES string of the molecule is O=C(O)CC(O)(CC(=O)Oc1cc2oc(=O)ccc2cc1O[C@@H]1O[C@H](CO)[C@@H](O)[C@H](O)[C@H]1O)C(=O)O. The molecular weight excluding hydrogens is 492 g/mol. The van der Waals surface area contributed by atoms with Crippen LogP contribution in [0.4, 0.5) is 0 Å². The average Bonchev–Trinajstić information content (AvgIpc) is 2.79. The Labute approximate surface area is 200 Å². The normalized spacial score (nSPS) is 25.6. The minimum absolute atomic E-state index is 0.120. The number of carboxylic acids is 2. The number of carboxylic acid groups (broad SMARTS) is 2. The lowest BCUT2D eigenvalue weighted by Crippen LogP contribution is -2.60. The summed E-state index contributed by atoms with van der Waals surface area (Å²) in [5.74, 6) is -6.01. The lowest BCUT2D eigenvalue weighted by molar-refractivity contribution is -0.277. The Morgan fingerprint density at radius 1 is 0.972 bits per heavy atom. The van der Waals surface area contributed by atoms with Crippen LogP contribution in [0.25, 0.3) is 11.0 Å². The van der Waals surface area contributed by atoms with Crippen LogP contribution in [0, 0.1) is 0 Å². The van der Waals surface area contributed by atoms with Crippen molar-refractivity contribution in [3.8, 4) is 11.5 Å². The molecule has 15 heteroatoms. The van der Waals surface area contributed by atoms with E-state index < -0.39 is 85.0 Å². The molecule has 2 aromatic rings. The van der Waals surface area contributed by atoms with Gasteiger partial charge in [-0.1, -0.05) is 0 Å². The Morgan fingerprint density at radius 3 is 2.28 bits per heavy atom. The third-order valence-corrected chi connectivity index (χ3v) is 5.28. The van der Waals surface area contributed by atoms with Gasteiger partial charge in [0.05, 0.1) is 19.4 Å². The van der Waals surface area contributed by atoms with E-state index in [9.17, 15) is 44.7 Å². The second-order valence-corrected chi connectivity index (χ2v) is 7.96. The first-order valence-corrected chi connectivity index (χ1v) is 10.3. The van der Waals surface area contributed by atoms with Gasteiger partial charge >= 0.3 is 23.5 Å². The molecule has 2 heterocycles. The highest BCUT2D eigenvalue weighted by Crippen LogP contribution is 2.35. The molecule has 1 saturated heterocycles. The van der Waals surface area contributed by atoms with Crippen molar-refractivity contribution < 1.29 is 68.8 Å². The highest BCUT2D eigenvalue weighted by Gasteiger charge is 2.45. The maximum atomic E-state index is 12.4. The standard InChI is InChI=1S/C21H22O15/c22-7-12-16(27)17(28)18(29)19(36-12)35-10-3-8-1-2-14(25)33-9(8)4-11(10)34-15(26)6-21(32,20(30)31)5-13(23)24/h1-4,12,16-19,22,27-29,32H,5-7H2,(H,23,24)(H,30,31)/t12-,16-,17+,18-,19-,21?/m1/s1. The van der Waals surface area contributed by atoms with Gasteiger partial charge < -0.3 is 54.4 Å². The van der Waals surface area contributed by atoms with Gasteiger partial charge in [-0.25, -0.2) is 9.59 Å². The third kappa shape index (κ3) is 5.78. The molecule has 0 radical (unpaired) electrons. The van der Waals surface area contributed by atoms with Crippen LogP contribution in [0.1, 0.15) is 12.8 Å². The predicted octanol–water partition coefficient (Wildman–Crippen LogP) is -2.44. The molecule has 1 aromatic carbocycles. The van der Waals surface area contributed by atoms with Crippen LogP contribution in [0.15, 0.2) is 33.5 Å². The van der Waals surface area contributed by atoms with Crippen LogP contribution in [0.2, 0.25) is 0 Å². The van der Waals surface area contributed by atoms with Gasteiger partial charge in [0.15, 0.2) is 17.1 Å². The van der Waals surface area contributed by atoms with Gasteiger partial charge in [-0.3, -0.25) is 9.59 Å². The molecule has 0 amide bonds. The zero-order valence-electron chi connectivity index (χ0n) is 18.2. The molecule has 0 saturated carbocycles. The molecule has 1 aliphatic rings. The first-order valence-electron chi connectivity index (χ1n) is 10.3. The fourth-order valence-corrected chi connectivity index (χ4v) is 3.40. The Hall–Kier alpha value is -3.60. The van der Waals surface area contributed by atoms with Gasteiger partial charge in [0.25, 0.3) is 0 Å². The number of benzene rings is 1. The molecule has 3 rings (SSSR count). The van der Waals surface area contributed by atoms with Crippen molar-refractivity contribution in [2.75, 3.05) is 6.61 Å². The van der Waals surface area contributed by atoms with Gasteiger partial charge in [0.2, 0.25) is 6.29 Å². The van der Waals surface area contributed by atoms with E-state index in [0.717, 1.165) is 12.1 Å². The molecule has 1 fully saturated rings. The maximum Gasteiger partial charge on any atom is 0.336 e. The summed E-state index contributed by atoms with van der Waals surface area (Å²) in [6.07, 6.45) is -11.0. The molecule has 36 heavy (non-hydrogen) atoms. The summed E-state index contributed by atoms with van der Waals surface area (Å²) in [4.78, 5) is 46.3. The van der Waals surface area contributed by atoms with Crippen molar-refractivity contribution in [1.29, 1.82) is 0 Å². The molecule has 0 aliphatic carbocycles. The largest absolute Gasteiger partial charge is 0.481 e. The van der Waals surface area contributed by atoms with Crippen LogP contribution in [-0.4, -0.2) is 96.6 Å². The molecular formula is C21H22O15. The number of carbonyl (C=O) groups is 3. The van der Waals surface area contributed by atoms with Gasteiger partial charge in [-0.05, 0) is 12.1 Å². The zero-order chi connectivity index (χ0) is 26.8. The molecule has 0 bridgehead atoms. The maximum absolute atomic E-state index is 12.4. The van der Waals surface area contributed by atoms with Crippen LogP contribution in [-0.2, 0) is 19.1 Å². The average molecular weight is 514 g/mol. The van der Waals surface area contributed by atoms with E-state index >= 15 is 0 Å². The number of rotatable bonds is 9. The minimum Gasteiger partial charge on any atom is -0.481 e.